The Balaban J connectivity index is 0.00000544. The number of carbonyl (C=O) groups is 3. The number of carboxylic acids is 1. The summed E-state index contributed by atoms with van der Waals surface area (Å²) in [5.41, 5.74) is 1.78. The normalized spacial score (nSPS) is 12.4. The molecule has 2 rings (SSSR count). The first-order chi connectivity index (χ1) is 15.4. The Hall–Kier alpha value is -3.23. The number of nitrogens with one attached hydrogen (secondary N) is 1. The molecular formula is C24H30ClN3O5. The first kappa shape index (κ1) is 27.8. The summed E-state index contributed by atoms with van der Waals surface area (Å²) in [6.45, 7) is 2.91. The van der Waals surface area contributed by atoms with Crippen molar-refractivity contribution in [1.82, 2.24) is 10.3 Å². The lowest BCUT2D eigenvalue weighted by Crippen LogP contribution is -2.51. The predicted molar refractivity (Wildman–Crippen MR) is 128 cm³/mol. The molecule has 178 valence electrons. The van der Waals surface area contributed by atoms with E-state index in [4.69, 9.17) is 4.74 Å². The largest absolute Gasteiger partial charge is 0.480 e. The highest BCUT2D eigenvalue weighted by Crippen LogP contribution is 2.09. The van der Waals surface area contributed by atoms with Crippen molar-refractivity contribution in [3.05, 3.63) is 71.8 Å². The van der Waals surface area contributed by atoms with Crippen LogP contribution in [0.15, 0.2) is 65.8 Å². The van der Waals surface area contributed by atoms with Crippen molar-refractivity contribution >= 4 is 36.5 Å². The van der Waals surface area contributed by atoms with E-state index in [2.05, 4.69) is 10.4 Å². The predicted octanol–water partition coefficient (Wildman–Crippen LogP) is 2.90. The maximum Gasteiger partial charge on any atom is 0.325 e. The Bertz CT molecular complexity index is 909. The SMILES string of the molecule is CCOC(=O)[C@H](CCc1ccccc1)N[C@@H](C)C(=O)N(CC(=O)O)N=Cc1ccccc1.Cl. The number of carbonyl (C=O) groups excluding carboxylic acids is 2. The van der Waals surface area contributed by atoms with Gasteiger partial charge in [-0.15, -0.1) is 12.4 Å². The van der Waals surface area contributed by atoms with Crippen molar-refractivity contribution < 1.29 is 24.2 Å². The zero-order valence-electron chi connectivity index (χ0n) is 18.7. The third-order valence-corrected chi connectivity index (χ3v) is 4.64. The smallest absolute Gasteiger partial charge is 0.325 e. The highest BCUT2D eigenvalue weighted by atomic mass is 35.5. The number of aliphatic carboxylic acids is 1. The first-order valence-electron chi connectivity index (χ1n) is 10.5. The summed E-state index contributed by atoms with van der Waals surface area (Å²) in [5.74, 6) is -2.21. The molecular weight excluding hydrogens is 446 g/mol. The average molecular weight is 476 g/mol. The lowest BCUT2D eigenvalue weighted by Gasteiger charge is -2.24. The molecule has 2 N–H and O–H groups in total. The summed E-state index contributed by atoms with van der Waals surface area (Å²) in [6.07, 6.45) is 2.46. The Morgan fingerprint density at radius 1 is 1.09 bits per heavy atom. The zero-order chi connectivity index (χ0) is 23.3. The van der Waals surface area contributed by atoms with Gasteiger partial charge in [0.05, 0.1) is 18.9 Å². The van der Waals surface area contributed by atoms with Crippen LogP contribution in [0, 0.1) is 0 Å². The van der Waals surface area contributed by atoms with Gasteiger partial charge in [0.25, 0.3) is 5.91 Å². The van der Waals surface area contributed by atoms with Crippen molar-refractivity contribution in [2.24, 2.45) is 5.10 Å². The van der Waals surface area contributed by atoms with Crippen molar-refractivity contribution in [3.8, 4) is 0 Å². The van der Waals surface area contributed by atoms with E-state index in [1.807, 2.05) is 48.5 Å². The number of hydrogen-bond donors (Lipinski definition) is 2. The van der Waals surface area contributed by atoms with E-state index in [9.17, 15) is 19.5 Å². The van der Waals surface area contributed by atoms with Crippen LogP contribution in [0.4, 0.5) is 0 Å². The molecule has 0 radical (unpaired) electrons. The van der Waals surface area contributed by atoms with Crippen molar-refractivity contribution in [2.45, 2.75) is 38.8 Å². The maximum absolute atomic E-state index is 12.9. The zero-order valence-corrected chi connectivity index (χ0v) is 19.5. The van der Waals surface area contributed by atoms with E-state index in [0.717, 1.165) is 16.1 Å². The first-order valence-corrected chi connectivity index (χ1v) is 10.5. The Morgan fingerprint density at radius 3 is 2.27 bits per heavy atom. The summed E-state index contributed by atoms with van der Waals surface area (Å²) >= 11 is 0. The summed E-state index contributed by atoms with van der Waals surface area (Å²) in [4.78, 5) is 36.6. The second-order valence-corrected chi connectivity index (χ2v) is 7.16. The number of carboxylic acid groups (broad SMARTS) is 1. The van der Waals surface area contributed by atoms with Gasteiger partial charge in [-0.2, -0.15) is 5.10 Å². The molecule has 1 amide bonds. The summed E-state index contributed by atoms with van der Waals surface area (Å²) in [5, 5.41) is 17.1. The van der Waals surface area contributed by atoms with Gasteiger partial charge in [0.1, 0.15) is 12.6 Å². The van der Waals surface area contributed by atoms with Gasteiger partial charge in [-0.1, -0.05) is 60.7 Å². The van der Waals surface area contributed by atoms with E-state index in [1.54, 1.807) is 26.0 Å². The summed E-state index contributed by atoms with van der Waals surface area (Å²) < 4.78 is 5.15. The lowest BCUT2D eigenvalue weighted by atomic mass is 10.0. The van der Waals surface area contributed by atoms with Crippen molar-refractivity contribution in [1.29, 1.82) is 0 Å². The fraction of sp³-hybridized carbons (Fsp3) is 0.333. The van der Waals surface area contributed by atoms with E-state index < -0.39 is 36.5 Å². The van der Waals surface area contributed by atoms with Gasteiger partial charge in [-0.05, 0) is 37.8 Å². The number of aryl methyl sites for hydroxylation is 1. The quantitative estimate of drug-likeness (QED) is 0.277. The molecule has 0 saturated heterocycles. The Kier molecular flexibility index (Phi) is 12.4. The van der Waals surface area contributed by atoms with Gasteiger partial charge in [-0.3, -0.25) is 19.7 Å². The second-order valence-electron chi connectivity index (χ2n) is 7.16. The number of amides is 1. The number of esters is 1. The van der Waals surface area contributed by atoms with Crippen LogP contribution in [0.25, 0.3) is 0 Å². The number of benzene rings is 2. The number of rotatable bonds is 12. The molecule has 0 spiro atoms. The van der Waals surface area contributed by atoms with E-state index in [0.29, 0.717) is 12.8 Å². The highest BCUT2D eigenvalue weighted by molar-refractivity contribution is 5.88. The van der Waals surface area contributed by atoms with Crippen molar-refractivity contribution in [2.75, 3.05) is 13.2 Å². The number of hydrazone groups is 1. The van der Waals surface area contributed by atoms with Gasteiger partial charge in [-0.25, -0.2) is 5.01 Å². The fourth-order valence-electron chi connectivity index (χ4n) is 3.04. The van der Waals surface area contributed by atoms with Crippen LogP contribution in [-0.2, 0) is 25.5 Å². The third kappa shape index (κ3) is 9.84. The summed E-state index contributed by atoms with van der Waals surface area (Å²) in [7, 11) is 0. The number of ether oxygens (including phenoxy) is 1. The van der Waals surface area contributed by atoms with Gasteiger partial charge >= 0.3 is 11.9 Å². The van der Waals surface area contributed by atoms with Gasteiger partial charge in [0, 0.05) is 0 Å². The molecule has 0 fully saturated rings. The van der Waals surface area contributed by atoms with Crippen LogP contribution >= 0.6 is 12.4 Å². The molecule has 2 atom stereocenters. The third-order valence-electron chi connectivity index (χ3n) is 4.64. The molecule has 0 aliphatic rings. The molecule has 2 aromatic rings. The standard InChI is InChI=1S/C24H29N3O5.ClH/c1-3-32-24(31)21(15-14-19-10-6-4-7-11-19)26-18(2)23(30)27(17-22(28)29)25-16-20-12-8-5-9-13-20;/h4-13,16,18,21,26H,3,14-15,17H2,1-2H3,(H,28,29);1H/t18-,21-;/m0./s1. The topological polar surface area (TPSA) is 108 Å². The Labute approximate surface area is 200 Å². The van der Waals surface area contributed by atoms with Gasteiger partial charge in [0.2, 0.25) is 0 Å². The molecule has 2 aromatic carbocycles. The molecule has 33 heavy (non-hydrogen) atoms. The van der Waals surface area contributed by atoms with Gasteiger partial charge < -0.3 is 9.84 Å². The van der Waals surface area contributed by atoms with Crippen LogP contribution in [-0.4, -0.2) is 59.4 Å². The average Bonchev–Trinajstić information content (AvgIpc) is 2.80. The second kappa shape index (κ2) is 14.8. The van der Waals surface area contributed by atoms with E-state index in [1.165, 1.54) is 6.21 Å². The Morgan fingerprint density at radius 2 is 1.70 bits per heavy atom. The molecule has 0 heterocycles. The minimum Gasteiger partial charge on any atom is -0.480 e. The van der Waals surface area contributed by atoms with Crippen LogP contribution in [0.2, 0.25) is 0 Å². The van der Waals surface area contributed by atoms with E-state index in [-0.39, 0.29) is 19.0 Å². The molecule has 0 bridgehead atoms. The van der Waals surface area contributed by atoms with E-state index >= 15 is 0 Å². The number of hydrogen-bond acceptors (Lipinski definition) is 6. The van der Waals surface area contributed by atoms with Crippen molar-refractivity contribution in [3.63, 3.8) is 0 Å². The molecule has 0 unspecified atom stereocenters. The lowest BCUT2D eigenvalue weighted by molar-refractivity contribution is -0.148. The minimum atomic E-state index is -1.19. The minimum absolute atomic E-state index is 0. The highest BCUT2D eigenvalue weighted by Gasteiger charge is 2.28. The molecule has 0 aliphatic heterocycles. The van der Waals surface area contributed by atoms with Crippen LogP contribution in [0.3, 0.4) is 0 Å². The van der Waals surface area contributed by atoms with Crippen LogP contribution < -0.4 is 5.32 Å². The number of halogens is 1. The molecule has 0 aliphatic carbocycles. The summed E-state index contributed by atoms with van der Waals surface area (Å²) in [6, 6.07) is 17.1. The van der Waals surface area contributed by atoms with Gasteiger partial charge in [0.15, 0.2) is 0 Å². The van der Waals surface area contributed by atoms with Crippen LogP contribution in [0.5, 0.6) is 0 Å². The maximum atomic E-state index is 12.9. The molecule has 0 saturated carbocycles. The molecule has 9 heteroatoms. The number of nitrogens with zero attached hydrogens (tertiary/aromatic N) is 2. The monoisotopic (exact) mass is 475 g/mol. The molecule has 0 aromatic heterocycles. The molecule has 8 nitrogen and oxygen atoms in total. The van der Waals surface area contributed by atoms with Crippen LogP contribution in [0.1, 0.15) is 31.4 Å². The fourth-order valence-corrected chi connectivity index (χ4v) is 3.04.